The van der Waals surface area contributed by atoms with Crippen LogP contribution < -0.4 is 0 Å². The normalized spacial score (nSPS) is 49.2. The lowest BCUT2D eigenvalue weighted by atomic mass is 9.35. The Hall–Kier alpha value is -1.55. The molecular weight excluding hydrogens is 456 g/mol. The third kappa shape index (κ3) is 3.04. The van der Waals surface area contributed by atoms with Crippen LogP contribution in [-0.2, 0) is 33.3 Å². The molecule has 4 aliphatic carbocycles. The number of hydrogen-bond acceptors (Lipinski definition) is 9. The van der Waals surface area contributed by atoms with Crippen molar-refractivity contribution in [1.29, 1.82) is 0 Å². The Morgan fingerprint density at radius 2 is 1.83 bits per heavy atom. The molecule has 10 atom stereocenters. The first kappa shape index (κ1) is 25.1. The summed E-state index contributed by atoms with van der Waals surface area (Å²) in [7, 11) is 0. The topological polar surface area (TPSA) is 129 Å². The van der Waals surface area contributed by atoms with E-state index in [1.807, 2.05) is 20.8 Å². The van der Waals surface area contributed by atoms with Crippen molar-refractivity contribution in [3.05, 3.63) is 0 Å². The average molecular weight is 495 g/mol. The summed E-state index contributed by atoms with van der Waals surface area (Å²) in [5.41, 5.74) is -2.93. The van der Waals surface area contributed by atoms with Crippen molar-refractivity contribution >= 4 is 17.7 Å². The minimum atomic E-state index is -2.13. The number of ketones is 1. The number of rotatable bonds is 5. The van der Waals surface area contributed by atoms with Crippen LogP contribution in [0.15, 0.2) is 0 Å². The van der Waals surface area contributed by atoms with E-state index in [0.717, 1.165) is 0 Å². The molecule has 2 saturated heterocycles. The molecule has 35 heavy (non-hydrogen) atoms. The van der Waals surface area contributed by atoms with E-state index in [9.17, 15) is 24.6 Å². The second-order valence-corrected chi connectivity index (χ2v) is 12.1. The van der Waals surface area contributed by atoms with Crippen molar-refractivity contribution in [2.45, 2.75) is 84.4 Å². The largest absolute Gasteiger partial charge is 0.462 e. The van der Waals surface area contributed by atoms with Crippen LogP contribution in [0, 0.1) is 39.9 Å². The second kappa shape index (κ2) is 7.97. The summed E-state index contributed by atoms with van der Waals surface area (Å²) in [5, 5.41) is 24.0. The molecule has 6 fully saturated rings. The highest BCUT2D eigenvalue weighted by molar-refractivity contribution is 5.92. The van der Waals surface area contributed by atoms with Gasteiger partial charge in [0.05, 0.1) is 18.6 Å². The lowest BCUT2D eigenvalue weighted by Crippen LogP contribution is -2.85. The number of esters is 2. The van der Waals surface area contributed by atoms with Gasteiger partial charge in [-0.05, 0) is 43.9 Å². The van der Waals surface area contributed by atoms with Crippen molar-refractivity contribution in [3.8, 4) is 0 Å². The van der Waals surface area contributed by atoms with Crippen molar-refractivity contribution in [2.24, 2.45) is 39.9 Å². The molecule has 0 radical (unpaired) electrons. The minimum absolute atomic E-state index is 0.00482. The lowest BCUT2D eigenvalue weighted by molar-refractivity contribution is -0.455. The second-order valence-electron chi connectivity index (χ2n) is 12.1. The first-order valence-corrected chi connectivity index (χ1v) is 12.9. The number of carbonyl (C=O) groups excluding carboxylic acids is 3. The molecule has 4 saturated carbocycles. The van der Waals surface area contributed by atoms with Gasteiger partial charge in [-0.15, -0.1) is 0 Å². The average Bonchev–Trinajstić information content (AvgIpc) is 2.97. The standard InChI is InChI=1S/C26H38O9/c1-6-32-11-16-15-9-17(34-13(2)27)19-24-12-33-26(31,25(19,10-15)21(16)29)22(30)20(24)23(4,5)8-7-18(24)35-14(3)28/h15-20,22,30-31H,6-12H2,1-5H3/t15-,16-,17-,18+,19+,20-,22+,24+,25-,26-/m1/s1. The predicted molar refractivity (Wildman–Crippen MR) is 121 cm³/mol. The molecule has 6 rings (SSSR count). The molecule has 0 unspecified atom stereocenters. The number of aliphatic hydroxyl groups is 2. The van der Waals surface area contributed by atoms with E-state index < -0.39 is 70.0 Å². The van der Waals surface area contributed by atoms with E-state index in [4.69, 9.17) is 18.9 Å². The van der Waals surface area contributed by atoms with E-state index in [1.54, 1.807) is 0 Å². The summed E-state index contributed by atoms with van der Waals surface area (Å²) in [6.07, 6.45) is -0.757. The monoisotopic (exact) mass is 494 g/mol. The highest BCUT2D eigenvalue weighted by Gasteiger charge is 2.87. The Labute approximate surface area is 205 Å². The van der Waals surface area contributed by atoms with Gasteiger partial charge < -0.3 is 29.2 Å². The molecule has 0 amide bonds. The quantitative estimate of drug-likeness (QED) is 0.548. The first-order valence-electron chi connectivity index (χ1n) is 12.9. The number of Topliss-reactive ketones (excluding diaryl/α,β-unsaturated/α-hetero) is 1. The van der Waals surface area contributed by atoms with Gasteiger partial charge >= 0.3 is 11.9 Å². The molecule has 0 aromatic heterocycles. The number of carbonyl (C=O) groups is 3. The Morgan fingerprint density at radius 3 is 2.46 bits per heavy atom. The molecule has 0 aromatic carbocycles. The summed E-state index contributed by atoms with van der Waals surface area (Å²) >= 11 is 0. The summed E-state index contributed by atoms with van der Waals surface area (Å²) in [4.78, 5) is 38.8. The zero-order valence-electron chi connectivity index (χ0n) is 21.2. The van der Waals surface area contributed by atoms with Gasteiger partial charge in [0.15, 0.2) is 5.78 Å². The van der Waals surface area contributed by atoms with Crippen LogP contribution in [-0.4, -0.2) is 71.9 Å². The van der Waals surface area contributed by atoms with Crippen LogP contribution in [0.2, 0.25) is 0 Å². The molecule has 9 nitrogen and oxygen atoms in total. The molecule has 2 spiro atoms. The number of ether oxygens (including phenoxy) is 4. The smallest absolute Gasteiger partial charge is 0.302 e. The van der Waals surface area contributed by atoms with E-state index in [1.165, 1.54) is 13.8 Å². The fraction of sp³-hybridized carbons (Fsp3) is 0.885. The van der Waals surface area contributed by atoms with E-state index >= 15 is 0 Å². The molecule has 2 aliphatic heterocycles. The van der Waals surface area contributed by atoms with Crippen LogP contribution >= 0.6 is 0 Å². The van der Waals surface area contributed by atoms with Gasteiger partial charge in [0.25, 0.3) is 0 Å². The van der Waals surface area contributed by atoms with Crippen LogP contribution in [0.3, 0.4) is 0 Å². The van der Waals surface area contributed by atoms with Crippen molar-refractivity contribution in [3.63, 3.8) is 0 Å². The van der Waals surface area contributed by atoms with Gasteiger partial charge in [-0.25, -0.2) is 0 Å². The SMILES string of the molecule is CCOC[C@H]1C(=O)[C@@]23C[C@H]1C[C@@H](OC(C)=O)[C@H]2[C@@]12CO[C@]3(O)[C@@H](O)[C@@H]1C(C)(C)CC[C@@H]2OC(C)=O. The third-order valence-corrected chi connectivity index (χ3v) is 10.0. The number of aliphatic hydroxyl groups excluding tert-OH is 1. The third-order valence-electron chi connectivity index (χ3n) is 10.0. The Bertz CT molecular complexity index is 932. The molecule has 196 valence electrons. The molecule has 9 heteroatoms. The summed E-state index contributed by atoms with van der Waals surface area (Å²) in [6.45, 7) is 9.25. The maximum absolute atomic E-state index is 14.3. The van der Waals surface area contributed by atoms with E-state index in [2.05, 4.69) is 0 Å². The van der Waals surface area contributed by atoms with E-state index in [0.29, 0.717) is 32.3 Å². The van der Waals surface area contributed by atoms with Gasteiger partial charge in [0, 0.05) is 43.6 Å². The zero-order chi connectivity index (χ0) is 25.6. The van der Waals surface area contributed by atoms with Crippen LogP contribution in [0.5, 0.6) is 0 Å². The molecule has 4 bridgehead atoms. The molecule has 2 heterocycles. The minimum Gasteiger partial charge on any atom is -0.462 e. The maximum Gasteiger partial charge on any atom is 0.302 e. The first-order chi connectivity index (χ1) is 16.4. The van der Waals surface area contributed by atoms with Crippen LogP contribution in [0.4, 0.5) is 0 Å². The highest BCUT2D eigenvalue weighted by atomic mass is 16.6. The number of fused-ring (bicyclic) bond motifs is 2. The summed E-state index contributed by atoms with van der Waals surface area (Å²) < 4.78 is 23.6. The fourth-order valence-corrected chi connectivity index (χ4v) is 9.17. The Morgan fingerprint density at radius 1 is 1.14 bits per heavy atom. The fourth-order valence-electron chi connectivity index (χ4n) is 9.17. The summed E-state index contributed by atoms with van der Waals surface area (Å²) in [5.74, 6) is -5.15. The molecule has 0 aromatic rings. The van der Waals surface area contributed by atoms with Crippen molar-refractivity contribution < 1.29 is 43.5 Å². The van der Waals surface area contributed by atoms with Crippen LogP contribution in [0.1, 0.15) is 60.3 Å². The maximum atomic E-state index is 14.3. The highest BCUT2D eigenvalue weighted by Crippen LogP contribution is 2.77. The van der Waals surface area contributed by atoms with E-state index in [-0.39, 0.29) is 24.9 Å². The summed E-state index contributed by atoms with van der Waals surface area (Å²) in [6, 6.07) is 0. The van der Waals surface area contributed by atoms with Crippen molar-refractivity contribution in [1.82, 2.24) is 0 Å². The molecule has 2 N–H and O–H groups in total. The molecular formula is C26H38O9. The Kier molecular flexibility index (Phi) is 5.72. The van der Waals surface area contributed by atoms with Gasteiger partial charge in [-0.3, -0.25) is 14.4 Å². The van der Waals surface area contributed by atoms with Crippen LogP contribution in [0.25, 0.3) is 0 Å². The lowest BCUT2D eigenvalue weighted by Gasteiger charge is -2.74. The van der Waals surface area contributed by atoms with Gasteiger partial charge in [0.2, 0.25) is 5.79 Å². The Balaban J connectivity index is 1.74. The van der Waals surface area contributed by atoms with Gasteiger partial charge in [0.1, 0.15) is 18.3 Å². The van der Waals surface area contributed by atoms with Gasteiger partial charge in [-0.1, -0.05) is 13.8 Å². The predicted octanol–water partition coefficient (Wildman–Crippen LogP) is 1.61. The number of hydrogen-bond donors (Lipinski definition) is 2. The van der Waals surface area contributed by atoms with Gasteiger partial charge in [-0.2, -0.15) is 0 Å². The van der Waals surface area contributed by atoms with Crippen molar-refractivity contribution in [2.75, 3.05) is 19.8 Å². The molecule has 6 aliphatic rings. The zero-order valence-corrected chi connectivity index (χ0v) is 21.2.